The smallest absolute Gasteiger partial charge is 0.278 e. The maximum Gasteiger partial charge on any atom is 0.278 e. The molecule has 1 aliphatic carbocycles. The maximum absolute atomic E-state index is 13.8. The molecule has 0 unspecified atom stereocenters. The van der Waals surface area contributed by atoms with Gasteiger partial charge >= 0.3 is 0 Å². The predicted octanol–water partition coefficient (Wildman–Crippen LogP) is 5.86. The van der Waals surface area contributed by atoms with Crippen LogP contribution < -0.4 is 4.90 Å². The molecule has 2 amide bonds. The molecule has 1 saturated carbocycles. The zero-order valence-electron chi connectivity index (χ0n) is 17.2. The van der Waals surface area contributed by atoms with E-state index in [0.717, 1.165) is 50.6 Å². The van der Waals surface area contributed by atoms with Crippen molar-refractivity contribution in [3.05, 3.63) is 69.3 Å². The molecular formula is C25H24Cl2N2O2. The summed E-state index contributed by atoms with van der Waals surface area (Å²) in [6.45, 7) is 0.693. The van der Waals surface area contributed by atoms with Gasteiger partial charge in [0.25, 0.3) is 11.8 Å². The third-order valence-corrected chi connectivity index (χ3v) is 7.16. The second-order valence-corrected chi connectivity index (χ2v) is 9.35. The van der Waals surface area contributed by atoms with Gasteiger partial charge in [0.05, 0.1) is 10.6 Å². The van der Waals surface area contributed by atoms with Crippen LogP contribution >= 0.6 is 23.2 Å². The minimum atomic E-state index is -0.237. The number of hydrogen-bond donors (Lipinski definition) is 0. The Kier molecular flexibility index (Phi) is 5.53. The number of rotatable bonds is 3. The molecule has 6 heteroatoms. The summed E-state index contributed by atoms with van der Waals surface area (Å²) in [4.78, 5) is 31.1. The Morgan fingerprint density at radius 2 is 1.65 bits per heavy atom. The van der Waals surface area contributed by atoms with Crippen LogP contribution in [0, 0.1) is 0 Å². The van der Waals surface area contributed by atoms with Gasteiger partial charge in [-0.25, -0.2) is 0 Å². The van der Waals surface area contributed by atoms with E-state index in [1.807, 2.05) is 23.1 Å². The quantitative estimate of drug-likeness (QED) is 0.545. The maximum atomic E-state index is 13.8. The minimum absolute atomic E-state index is 0.0487. The van der Waals surface area contributed by atoms with E-state index in [9.17, 15) is 9.59 Å². The first kappa shape index (κ1) is 20.6. The molecule has 31 heavy (non-hydrogen) atoms. The van der Waals surface area contributed by atoms with E-state index in [-0.39, 0.29) is 17.9 Å². The van der Waals surface area contributed by atoms with Gasteiger partial charge in [-0.3, -0.25) is 14.5 Å². The van der Waals surface area contributed by atoms with Crippen LogP contribution in [0.2, 0.25) is 10.0 Å². The highest BCUT2D eigenvalue weighted by Gasteiger charge is 2.46. The van der Waals surface area contributed by atoms with Crippen molar-refractivity contribution in [3.8, 4) is 0 Å². The van der Waals surface area contributed by atoms with Crippen molar-refractivity contribution < 1.29 is 9.59 Å². The topological polar surface area (TPSA) is 40.6 Å². The highest BCUT2D eigenvalue weighted by Crippen LogP contribution is 2.42. The monoisotopic (exact) mass is 454 g/mol. The molecule has 1 fully saturated rings. The predicted molar refractivity (Wildman–Crippen MR) is 124 cm³/mol. The number of carbonyl (C=O) groups excluding carboxylic acids is 2. The highest BCUT2D eigenvalue weighted by molar-refractivity contribution is 6.42. The van der Waals surface area contributed by atoms with Crippen LogP contribution in [-0.4, -0.2) is 29.3 Å². The van der Waals surface area contributed by atoms with Gasteiger partial charge in [-0.05, 0) is 49.4 Å². The third kappa shape index (κ3) is 3.56. The number of benzene rings is 2. The van der Waals surface area contributed by atoms with Crippen molar-refractivity contribution in [2.75, 3.05) is 11.4 Å². The third-order valence-electron chi connectivity index (χ3n) is 6.61. The summed E-state index contributed by atoms with van der Waals surface area (Å²) in [6, 6.07) is 13.2. The second kappa shape index (κ2) is 8.33. The minimum Gasteiger partial charge on any atom is -0.336 e. The Hall–Kier alpha value is -2.30. The zero-order chi connectivity index (χ0) is 21.5. The van der Waals surface area contributed by atoms with Crippen molar-refractivity contribution in [1.82, 2.24) is 4.90 Å². The van der Waals surface area contributed by atoms with Crippen LogP contribution in [0.15, 0.2) is 48.2 Å². The van der Waals surface area contributed by atoms with Crippen LogP contribution in [0.5, 0.6) is 0 Å². The van der Waals surface area contributed by atoms with Crippen LogP contribution in [0.3, 0.4) is 0 Å². The van der Waals surface area contributed by atoms with E-state index >= 15 is 0 Å². The zero-order valence-corrected chi connectivity index (χ0v) is 18.8. The van der Waals surface area contributed by atoms with Crippen LogP contribution in [0.4, 0.5) is 5.69 Å². The number of fused-ring (bicyclic) bond motifs is 1. The van der Waals surface area contributed by atoms with Crippen molar-refractivity contribution >= 4 is 46.3 Å². The molecule has 4 nitrogen and oxygen atoms in total. The number of hydrogen-bond acceptors (Lipinski definition) is 3. The molecular weight excluding hydrogens is 431 g/mol. The molecule has 0 radical (unpaired) electrons. The lowest BCUT2D eigenvalue weighted by molar-refractivity contribution is -0.140. The number of anilines is 1. The number of para-hydroxylation sites is 1. The van der Waals surface area contributed by atoms with Crippen molar-refractivity contribution in [3.63, 3.8) is 0 Å². The summed E-state index contributed by atoms with van der Waals surface area (Å²) in [5.41, 5.74) is 3.61. The van der Waals surface area contributed by atoms with Gasteiger partial charge in [0.1, 0.15) is 5.70 Å². The fraction of sp³-hybridized carbons (Fsp3) is 0.360. The molecule has 2 aromatic rings. The molecule has 2 aliphatic heterocycles. The molecule has 0 N–H and O–H groups in total. The van der Waals surface area contributed by atoms with Crippen LogP contribution in [0.1, 0.15) is 49.7 Å². The number of halogens is 2. The number of nitrogens with zero attached hydrogens (tertiary/aromatic N) is 2. The van der Waals surface area contributed by atoms with Gasteiger partial charge in [0.15, 0.2) is 0 Å². The van der Waals surface area contributed by atoms with Crippen LogP contribution in [-0.2, 0) is 16.0 Å². The second-order valence-electron chi connectivity index (χ2n) is 8.50. The fourth-order valence-corrected chi connectivity index (χ4v) is 5.66. The summed E-state index contributed by atoms with van der Waals surface area (Å²) in [5.74, 6) is -0.436. The average molecular weight is 455 g/mol. The average Bonchev–Trinajstić information content (AvgIpc) is 3.04. The Bertz CT molecular complexity index is 1090. The standard InChI is InChI=1S/C25H24Cl2N2O2/c26-17-12-13-19(20(27)15-17)22-23(28-14-6-8-16-7-4-5-11-21(16)28)25(31)29(24(22)30)18-9-2-1-3-10-18/h4-5,7,11-13,15,18H,1-3,6,8-10,14H2. The Labute approximate surface area is 192 Å². The normalized spacial score (nSPS) is 19.9. The van der Waals surface area contributed by atoms with E-state index in [2.05, 4.69) is 6.07 Å². The first-order chi connectivity index (χ1) is 15.1. The van der Waals surface area contributed by atoms with Gasteiger partial charge < -0.3 is 4.90 Å². The van der Waals surface area contributed by atoms with Gasteiger partial charge in [0.2, 0.25) is 0 Å². The van der Waals surface area contributed by atoms with Crippen molar-refractivity contribution in [2.45, 2.75) is 51.0 Å². The van der Waals surface area contributed by atoms with E-state index in [4.69, 9.17) is 23.2 Å². The molecule has 5 rings (SSSR count). The SMILES string of the molecule is O=C1C(c2ccc(Cl)cc2Cl)=C(N2CCCc3ccccc32)C(=O)N1C1CCCCC1. The lowest BCUT2D eigenvalue weighted by atomic mass is 9.94. The molecule has 2 heterocycles. The summed E-state index contributed by atoms with van der Waals surface area (Å²) in [6.07, 6.45) is 6.86. The van der Waals surface area contributed by atoms with Crippen molar-refractivity contribution in [1.29, 1.82) is 0 Å². The lowest BCUT2D eigenvalue weighted by Gasteiger charge is -2.33. The van der Waals surface area contributed by atoms with E-state index < -0.39 is 0 Å². The van der Waals surface area contributed by atoms with Crippen LogP contribution in [0.25, 0.3) is 5.57 Å². The molecule has 0 spiro atoms. The van der Waals surface area contributed by atoms with Crippen molar-refractivity contribution in [2.24, 2.45) is 0 Å². The number of carbonyl (C=O) groups is 2. The van der Waals surface area contributed by atoms with E-state index in [1.54, 1.807) is 18.2 Å². The molecule has 0 atom stereocenters. The molecule has 0 bridgehead atoms. The molecule has 0 aromatic heterocycles. The Balaban J connectivity index is 1.67. The van der Waals surface area contributed by atoms with E-state index in [1.165, 1.54) is 10.5 Å². The lowest BCUT2D eigenvalue weighted by Crippen LogP contribution is -2.44. The Morgan fingerprint density at radius 3 is 2.42 bits per heavy atom. The van der Waals surface area contributed by atoms with Gasteiger partial charge in [-0.2, -0.15) is 0 Å². The number of imide groups is 1. The number of amides is 2. The summed E-state index contributed by atoms with van der Waals surface area (Å²) >= 11 is 12.7. The Morgan fingerprint density at radius 1 is 0.871 bits per heavy atom. The number of aryl methyl sites for hydroxylation is 1. The van der Waals surface area contributed by atoms with Gasteiger partial charge in [-0.1, -0.05) is 66.7 Å². The molecule has 160 valence electrons. The molecule has 2 aromatic carbocycles. The fourth-order valence-electron chi connectivity index (χ4n) is 5.16. The summed E-state index contributed by atoms with van der Waals surface area (Å²) < 4.78 is 0. The largest absolute Gasteiger partial charge is 0.336 e. The summed E-state index contributed by atoms with van der Waals surface area (Å²) in [5, 5.41) is 0.886. The summed E-state index contributed by atoms with van der Waals surface area (Å²) in [7, 11) is 0. The molecule has 0 saturated heterocycles. The highest BCUT2D eigenvalue weighted by atomic mass is 35.5. The first-order valence-corrected chi connectivity index (χ1v) is 11.7. The molecule has 3 aliphatic rings. The van der Waals surface area contributed by atoms with E-state index in [0.29, 0.717) is 33.4 Å². The van der Waals surface area contributed by atoms with Gasteiger partial charge in [-0.15, -0.1) is 0 Å². The van der Waals surface area contributed by atoms with Gasteiger partial charge in [0, 0.05) is 28.9 Å². The first-order valence-electron chi connectivity index (χ1n) is 11.0.